The second-order valence-electron chi connectivity index (χ2n) is 4.40. The van der Waals surface area contributed by atoms with Gasteiger partial charge in [0.2, 0.25) is 0 Å². The van der Waals surface area contributed by atoms with Crippen molar-refractivity contribution in [3.05, 3.63) is 24.2 Å². The first-order valence-electron chi connectivity index (χ1n) is 6.02. The molecule has 0 aliphatic rings. The van der Waals surface area contributed by atoms with E-state index in [1.54, 1.807) is 18.4 Å². The third-order valence-electron chi connectivity index (χ3n) is 3.44. The van der Waals surface area contributed by atoms with E-state index in [4.69, 9.17) is 4.42 Å². The van der Waals surface area contributed by atoms with Gasteiger partial charge in [-0.05, 0) is 25.0 Å². The highest BCUT2D eigenvalue weighted by molar-refractivity contribution is 5.06. The molecule has 0 bridgehead atoms. The molecule has 0 spiro atoms. The largest absolute Gasteiger partial charge is 0.467 e. The number of aliphatic hydroxyl groups is 2. The van der Waals surface area contributed by atoms with Crippen LogP contribution in [0.3, 0.4) is 0 Å². The van der Waals surface area contributed by atoms with Crippen LogP contribution in [0.15, 0.2) is 22.8 Å². The fourth-order valence-corrected chi connectivity index (χ4v) is 2.06. The number of aliphatic hydroxyl groups excluding tert-OH is 2. The summed E-state index contributed by atoms with van der Waals surface area (Å²) < 4.78 is 5.22. The van der Waals surface area contributed by atoms with Crippen molar-refractivity contribution < 1.29 is 14.6 Å². The van der Waals surface area contributed by atoms with E-state index in [1.807, 2.05) is 6.92 Å². The van der Waals surface area contributed by atoms with Gasteiger partial charge in [-0.2, -0.15) is 0 Å². The SMILES string of the molecule is CCCC[C@@](CC)(CO)[C@@H](O)c1ccco1. The molecule has 1 heterocycles. The van der Waals surface area contributed by atoms with Gasteiger partial charge in [0.25, 0.3) is 0 Å². The summed E-state index contributed by atoms with van der Waals surface area (Å²) in [5.74, 6) is 0.548. The summed E-state index contributed by atoms with van der Waals surface area (Å²) in [6.07, 6.45) is 4.46. The van der Waals surface area contributed by atoms with Crippen molar-refractivity contribution in [2.45, 2.75) is 45.6 Å². The third kappa shape index (κ3) is 2.66. The summed E-state index contributed by atoms with van der Waals surface area (Å²) in [7, 11) is 0. The molecule has 3 nitrogen and oxygen atoms in total. The van der Waals surface area contributed by atoms with Gasteiger partial charge in [0.05, 0.1) is 12.9 Å². The van der Waals surface area contributed by atoms with Crippen LogP contribution in [-0.2, 0) is 0 Å². The van der Waals surface area contributed by atoms with Crippen LogP contribution in [0.1, 0.15) is 51.4 Å². The summed E-state index contributed by atoms with van der Waals surface area (Å²) >= 11 is 0. The molecule has 1 aromatic rings. The van der Waals surface area contributed by atoms with Crippen molar-refractivity contribution in [2.75, 3.05) is 6.61 Å². The Balaban J connectivity index is 2.83. The molecular weight excluding hydrogens is 204 g/mol. The quantitative estimate of drug-likeness (QED) is 0.751. The molecule has 0 aliphatic carbocycles. The minimum absolute atomic E-state index is 0.00856. The van der Waals surface area contributed by atoms with E-state index in [0.717, 1.165) is 25.7 Å². The summed E-state index contributed by atoms with van der Waals surface area (Å²) in [4.78, 5) is 0. The van der Waals surface area contributed by atoms with E-state index < -0.39 is 11.5 Å². The number of furan rings is 1. The highest BCUT2D eigenvalue weighted by Crippen LogP contribution is 2.41. The zero-order chi connectivity index (χ0) is 12.0. The van der Waals surface area contributed by atoms with E-state index in [2.05, 4.69) is 6.92 Å². The molecule has 2 atom stereocenters. The van der Waals surface area contributed by atoms with Gasteiger partial charge in [0.1, 0.15) is 11.9 Å². The zero-order valence-electron chi connectivity index (χ0n) is 10.1. The van der Waals surface area contributed by atoms with Crippen LogP contribution in [0.25, 0.3) is 0 Å². The van der Waals surface area contributed by atoms with Gasteiger partial charge in [0.15, 0.2) is 0 Å². The van der Waals surface area contributed by atoms with Gasteiger partial charge in [-0.15, -0.1) is 0 Å². The van der Waals surface area contributed by atoms with Gasteiger partial charge in [-0.3, -0.25) is 0 Å². The Morgan fingerprint density at radius 3 is 2.62 bits per heavy atom. The lowest BCUT2D eigenvalue weighted by Gasteiger charge is -2.34. The fourth-order valence-electron chi connectivity index (χ4n) is 2.06. The summed E-state index contributed by atoms with van der Waals surface area (Å²) in [6.45, 7) is 4.10. The molecule has 0 saturated heterocycles. The number of rotatable bonds is 7. The van der Waals surface area contributed by atoms with E-state index in [1.165, 1.54) is 0 Å². The second-order valence-corrected chi connectivity index (χ2v) is 4.40. The predicted molar refractivity (Wildman–Crippen MR) is 63.0 cm³/mol. The minimum atomic E-state index is -0.718. The Morgan fingerprint density at radius 1 is 1.44 bits per heavy atom. The average molecular weight is 226 g/mol. The monoisotopic (exact) mass is 226 g/mol. The van der Waals surface area contributed by atoms with E-state index in [-0.39, 0.29) is 6.61 Å². The Hall–Kier alpha value is -0.800. The van der Waals surface area contributed by atoms with Gasteiger partial charge in [0, 0.05) is 5.41 Å². The molecule has 0 fully saturated rings. The maximum atomic E-state index is 10.3. The highest BCUT2D eigenvalue weighted by atomic mass is 16.4. The number of hydrogen-bond donors (Lipinski definition) is 2. The van der Waals surface area contributed by atoms with Crippen molar-refractivity contribution in [1.82, 2.24) is 0 Å². The Bertz CT molecular complexity index is 275. The molecule has 16 heavy (non-hydrogen) atoms. The van der Waals surface area contributed by atoms with E-state index in [0.29, 0.717) is 5.76 Å². The van der Waals surface area contributed by atoms with Gasteiger partial charge < -0.3 is 14.6 Å². The molecule has 92 valence electrons. The molecule has 0 aliphatic heterocycles. The maximum Gasteiger partial charge on any atom is 0.132 e. The smallest absolute Gasteiger partial charge is 0.132 e. The zero-order valence-corrected chi connectivity index (χ0v) is 10.1. The fraction of sp³-hybridized carbons (Fsp3) is 0.692. The van der Waals surface area contributed by atoms with Gasteiger partial charge in [-0.25, -0.2) is 0 Å². The first-order chi connectivity index (χ1) is 7.70. The third-order valence-corrected chi connectivity index (χ3v) is 3.44. The molecule has 1 rings (SSSR count). The van der Waals surface area contributed by atoms with Gasteiger partial charge >= 0.3 is 0 Å². The topological polar surface area (TPSA) is 53.6 Å². The Morgan fingerprint density at radius 2 is 2.19 bits per heavy atom. The lowest BCUT2D eigenvalue weighted by Crippen LogP contribution is -2.32. The van der Waals surface area contributed by atoms with Crippen molar-refractivity contribution >= 4 is 0 Å². The van der Waals surface area contributed by atoms with Crippen LogP contribution >= 0.6 is 0 Å². The molecule has 0 unspecified atom stereocenters. The second kappa shape index (κ2) is 6.06. The standard InChI is InChI=1S/C13H22O3/c1-3-5-8-13(4-2,10-14)12(15)11-7-6-9-16-11/h6-7,9,12,14-15H,3-5,8,10H2,1-2H3/t12-,13-/m0/s1. The van der Waals surface area contributed by atoms with Crippen molar-refractivity contribution in [1.29, 1.82) is 0 Å². The van der Waals surface area contributed by atoms with Crippen molar-refractivity contribution in [3.8, 4) is 0 Å². The van der Waals surface area contributed by atoms with Crippen molar-refractivity contribution in [3.63, 3.8) is 0 Å². The normalized spacial score (nSPS) is 17.0. The summed E-state index contributed by atoms with van der Waals surface area (Å²) in [5, 5.41) is 19.9. The van der Waals surface area contributed by atoms with E-state index >= 15 is 0 Å². The van der Waals surface area contributed by atoms with E-state index in [9.17, 15) is 10.2 Å². The molecule has 0 saturated carbocycles. The number of unbranched alkanes of at least 4 members (excludes halogenated alkanes) is 1. The Kier molecular flexibility index (Phi) is 5.03. The lowest BCUT2D eigenvalue weighted by molar-refractivity contribution is -0.0413. The average Bonchev–Trinajstić information content (AvgIpc) is 2.84. The molecule has 0 radical (unpaired) electrons. The molecule has 3 heteroatoms. The van der Waals surface area contributed by atoms with Crippen LogP contribution in [0.2, 0.25) is 0 Å². The van der Waals surface area contributed by atoms with Crippen LogP contribution in [0, 0.1) is 5.41 Å². The number of hydrogen-bond acceptors (Lipinski definition) is 3. The molecule has 1 aromatic heterocycles. The summed E-state index contributed by atoms with van der Waals surface area (Å²) in [5.41, 5.74) is -0.464. The lowest BCUT2D eigenvalue weighted by atomic mass is 9.75. The highest BCUT2D eigenvalue weighted by Gasteiger charge is 2.37. The van der Waals surface area contributed by atoms with Gasteiger partial charge in [-0.1, -0.05) is 26.7 Å². The minimum Gasteiger partial charge on any atom is -0.467 e. The Labute approximate surface area is 97.1 Å². The van der Waals surface area contributed by atoms with Crippen LogP contribution in [0.4, 0.5) is 0 Å². The van der Waals surface area contributed by atoms with Crippen LogP contribution < -0.4 is 0 Å². The molecule has 2 N–H and O–H groups in total. The first-order valence-corrected chi connectivity index (χ1v) is 6.02. The van der Waals surface area contributed by atoms with Crippen LogP contribution in [0.5, 0.6) is 0 Å². The van der Waals surface area contributed by atoms with Crippen molar-refractivity contribution in [2.24, 2.45) is 5.41 Å². The molecular formula is C13H22O3. The molecule has 0 aromatic carbocycles. The maximum absolute atomic E-state index is 10.3. The van der Waals surface area contributed by atoms with Crippen LogP contribution in [-0.4, -0.2) is 16.8 Å². The first kappa shape index (κ1) is 13.3. The predicted octanol–water partition coefficient (Wildman–Crippen LogP) is 2.89. The molecule has 0 amide bonds. The summed E-state index contributed by atoms with van der Waals surface area (Å²) in [6, 6.07) is 3.52.